The molecule has 148 valence electrons. The van der Waals surface area contributed by atoms with Crippen LogP contribution in [-0.4, -0.2) is 54.8 Å². The standard InChI is InChI=1S/C21H22F2N2O3/c1-24(8-9-28-2)21(27)25-13-15(18-12-16(22)6-7-19(18)23)11-20(25)14-4-3-5-17(26)10-14/h3-7,10-12,20,26H,8-9,13H2,1-2H3. The molecule has 0 fully saturated rings. The zero-order chi connectivity index (χ0) is 20.3. The second kappa shape index (κ2) is 8.39. The van der Waals surface area contributed by atoms with Crippen molar-refractivity contribution in [1.29, 1.82) is 0 Å². The van der Waals surface area contributed by atoms with Gasteiger partial charge in [-0.25, -0.2) is 13.6 Å². The predicted octanol–water partition coefficient (Wildman–Crippen LogP) is 3.81. The van der Waals surface area contributed by atoms with Gasteiger partial charge < -0.3 is 19.6 Å². The van der Waals surface area contributed by atoms with Crippen LogP contribution >= 0.6 is 0 Å². The first-order chi connectivity index (χ1) is 13.4. The highest BCUT2D eigenvalue weighted by Crippen LogP contribution is 2.37. The topological polar surface area (TPSA) is 53.0 Å². The summed E-state index contributed by atoms with van der Waals surface area (Å²) in [4.78, 5) is 16.1. The van der Waals surface area contributed by atoms with Crippen molar-refractivity contribution in [3.05, 3.63) is 71.3 Å². The van der Waals surface area contributed by atoms with E-state index in [9.17, 15) is 18.7 Å². The summed E-state index contributed by atoms with van der Waals surface area (Å²) in [6.45, 7) is 0.894. The van der Waals surface area contributed by atoms with Crippen LogP contribution in [0.1, 0.15) is 17.2 Å². The summed E-state index contributed by atoms with van der Waals surface area (Å²) >= 11 is 0. The number of ether oxygens (including phenoxy) is 1. The van der Waals surface area contributed by atoms with Crippen LogP contribution in [0.15, 0.2) is 48.5 Å². The lowest BCUT2D eigenvalue weighted by molar-refractivity contribution is 0.135. The zero-order valence-corrected chi connectivity index (χ0v) is 15.7. The second-order valence-electron chi connectivity index (χ2n) is 6.68. The Hall–Kier alpha value is -2.93. The fraction of sp³-hybridized carbons (Fsp3) is 0.286. The molecule has 1 unspecified atom stereocenters. The Labute approximate surface area is 162 Å². The van der Waals surface area contributed by atoms with Crippen LogP contribution in [0.3, 0.4) is 0 Å². The maximum atomic E-state index is 14.3. The monoisotopic (exact) mass is 388 g/mol. The van der Waals surface area contributed by atoms with E-state index in [1.54, 1.807) is 43.3 Å². The highest BCUT2D eigenvalue weighted by atomic mass is 19.1. The predicted molar refractivity (Wildman–Crippen MR) is 102 cm³/mol. The van der Waals surface area contributed by atoms with Crippen molar-refractivity contribution in [2.24, 2.45) is 0 Å². The van der Waals surface area contributed by atoms with Crippen molar-refractivity contribution in [1.82, 2.24) is 9.80 Å². The molecule has 3 rings (SSSR count). The number of carbonyl (C=O) groups excluding carboxylic acids is 1. The minimum Gasteiger partial charge on any atom is -0.508 e. The number of urea groups is 1. The summed E-state index contributed by atoms with van der Waals surface area (Å²) in [5, 5.41) is 9.83. The Morgan fingerprint density at radius 2 is 2.07 bits per heavy atom. The Bertz CT molecular complexity index is 901. The molecule has 2 aromatic carbocycles. The van der Waals surface area contributed by atoms with Crippen molar-refractivity contribution >= 4 is 11.6 Å². The molecular formula is C21H22F2N2O3. The molecule has 0 radical (unpaired) electrons. The van der Waals surface area contributed by atoms with Gasteiger partial charge in [0.15, 0.2) is 0 Å². The van der Waals surface area contributed by atoms with Gasteiger partial charge in [-0.15, -0.1) is 0 Å². The average molecular weight is 388 g/mol. The molecule has 2 amide bonds. The Kier molecular flexibility index (Phi) is 5.94. The summed E-state index contributed by atoms with van der Waals surface area (Å²) in [5.74, 6) is -1.03. The van der Waals surface area contributed by atoms with Crippen molar-refractivity contribution < 1.29 is 23.4 Å². The summed E-state index contributed by atoms with van der Waals surface area (Å²) in [6, 6.07) is 9.03. The number of phenols is 1. The molecule has 1 aliphatic heterocycles. The third-order valence-corrected chi connectivity index (χ3v) is 4.72. The van der Waals surface area contributed by atoms with E-state index in [2.05, 4.69) is 0 Å². The first-order valence-corrected chi connectivity index (χ1v) is 8.86. The number of carbonyl (C=O) groups is 1. The molecular weight excluding hydrogens is 366 g/mol. The Balaban J connectivity index is 1.97. The van der Waals surface area contributed by atoms with Crippen molar-refractivity contribution in [2.45, 2.75) is 6.04 Å². The quantitative estimate of drug-likeness (QED) is 0.848. The smallest absolute Gasteiger partial charge is 0.320 e. The van der Waals surface area contributed by atoms with E-state index >= 15 is 0 Å². The molecule has 2 aromatic rings. The van der Waals surface area contributed by atoms with Crippen LogP contribution in [0, 0.1) is 11.6 Å². The summed E-state index contributed by atoms with van der Waals surface area (Å²) < 4.78 is 33.0. The number of aromatic hydroxyl groups is 1. The number of hydrogen-bond acceptors (Lipinski definition) is 3. The summed E-state index contributed by atoms with van der Waals surface area (Å²) in [5.41, 5.74) is 1.32. The van der Waals surface area contributed by atoms with E-state index in [0.29, 0.717) is 24.3 Å². The third kappa shape index (κ3) is 4.14. The van der Waals surface area contributed by atoms with Gasteiger partial charge in [-0.2, -0.15) is 0 Å². The van der Waals surface area contributed by atoms with Gasteiger partial charge in [0.2, 0.25) is 0 Å². The molecule has 7 heteroatoms. The zero-order valence-electron chi connectivity index (χ0n) is 15.7. The van der Waals surface area contributed by atoms with Crippen LogP contribution in [0.5, 0.6) is 5.75 Å². The van der Waals surface area contributed by atoms with Gasteiger partial charge in [-0.3, -0.25) is 0 Å². The molecule has 0 spiro atoms. The van der Waals surface area contributed by atoms with E-state index in [-0.39, 0.29) is 23.9 Å². The second-order valence-corrected chi connectivity index (χ2v) is 6.68. The average Bonchev–Trinajstić information content (AvgIpc) is 3.12. The number of hydrogen-bond donors (Lipinski definition) is 1. The van der Waals surface area contributed by atoms with E-state index in [0.717, 1.165) is 18.2 Å². The normalized spacial score (nSPS) is 16.2. The fourth-order valence-corrected chi connectivity index (χ4v) is 3.25. The van der Waals surface area contributed by atoms with Gasteiger partial charge in [-0.1, -0.05) is 18.2 Å². The Morgan fingerprint density at radius 3 is 2.79 bits per heavy atom. The molecule has 0 aliphatic carbocycles. The van der Waals surface area contributed by atoms with E-state index in [4.69, 9.17) is 4.74 Å². The molecule has 0 bridgehead atoms. The molecule has 0 saturated heterocycles. The largest absolute Gasteiger partial charge is 0.508 e. The van der Waals surface area contributed by atoms with Crippen molar-refractivity contribution in [3.8, 4) is 5.75 Å². The molecule has 1 aliphatic rings. The van der Waals surface area contributed by atoms with E-state index < -0.39 is 17.7 Å². The number of phenolic OH excluding ortho intramolecular Hbond substituents is 1. The van der Waals surface area contributed by atoms with E-state index in [1.807, 2.05) is 0 Å². The molecule has 1 N–H and O–H groups in total. The number of rotatable bonds is 5. The maximum absolute atomic E-state index is 14.3. The number of methoxy groups -OCH3 is 1. The lowest BCUT2D eigenvalue weighted by Gasteiger charge is -2.30. The van der Waals surface area contributed by atoms with Gasteiger partial charge in [0.1, 0.15) is 17.4 Å². The van der Waals surface area contributed by atoms with Crippen LogP contribution in [0.2, 0.25) is 0 Å². The molecule has 5 nitrogen and oxygen atoms in total. The van der Waals surface area contributed by atoms with Gasteiger partial charge in [0, 0.05) is 32.8 Å². The highest BCUT2D eigenvalue weighted by molar-refractivity contribution is 5.82. The lowest BCUT2D eigenvalue weighted by Crippen LogP contribution is -2.42. The summed E-state index contributed by atoms with van der Waals surface area (Å²) in [7, 11) is 3.21. The van der Waals surface area contributed by atoms with Gasteiger partial charge in [-0.05, 0) is 41.5 Å². The first kappa shape index (κ1) is 19.8. The number of halogens is 2. The first-order valence-electron chi connectivity index (χ1n) is 8.86. The molecule has 0 aromatic heterocycles. The van der Waals surface area contributed by atoms with Gasteiger partial charge >= 0.3 is 6.03 Å². The number of amides is 2. The van der Waals surface area contributed by atoms with Crippen LogP contribution < -0.4 is 0 Å². The van der Waals surface area contributed by atoms with E-state index in [1.165, 1.54) is 11.0 Å². The summed E-state index contributed by atoms with van der Waals surface area (Å²) in [6.07, 6.45) is 1.73. The number of benzene rings is 2. The minimum atomic E-state index is -0.552. The number of likely N-dealkylation sites (N-methyl/N-ethyl adjacent to an activating group) is 1. The number of nitrogens with zero attached hydrogens (tertiary/aromatic N) is 2. The van der Waals surface area contributed by atoms with Crippen LogP contribution in [-0.2, 0) is 4.74 Å². The Morgan fingerprint density at radius 1 is 1.29 bits per heavy atom. The molecule has 0 saturated carbocycles. The third-order valence-electron chi connectivity index (χ3n) is 4.72. The van der Waals surface area contributed by atoms with Gasteiger partial charge in [0.05, 0.1) is 12.6 Å². The molecule has 1 atom stereocenters. The fourth-order valence-electron chi connectivity index (χ4n) is 3.25. The van der Waals surface area contributed by atoms with Crippen LogP contribution in [0.25, 0.3) is 5.57 Å². The van der Waals surface area contributed by atoms with Crippen molar-refractivity contribution in [2.75, 3.05) is 33.9 Å². The SMILES string of the molecule is COCCN(C)C(=O)N1CC(c2cc(F)ccc2F)=CC1c1cccc(O)c1. The van der Waals surface area contributed by atoms with Gasteiger partial charge in [0.25, 0.3) is 0 Å². The maximum Gasteiger partial charge on any atom is 0.320 e. The minimum absolute atomic E-state index is 0.0661. The van der Waals surface area contributed by atoms with Crippen LogP contribution in [0.4, 0.5) is 13.6 Å². The van der Waals surface area contributed by atoms with Crippen molar-refractivity contribution in [3.63, 3.8) is 0 Å². The molecule has 1 heterocycles. The molecule has 28 heavy (non-hydrogen) atoms. The highest BCUT2D eigenvalue weighted by Gasteiger charge is 2.33. The lowest BCUT2D eigenvalue weighted by atomic mass is 10.0.